The zero-order chi connectivity index (χ0) is 8.48. The Bertz CT molecular complexity index is 165. The van der Waals surface area contributed by atoms with E-state index in [2.05, 4.69) is 24.5 Å². The summed E-state index contributed by atoms with van der Waals surface area (Å²) in [7, 11) is 1.87. The molecule has 2 N–H and O–H groups in total. The highest BCUT2D eigenvalue weighted by atomic mass is 16.2. The first-order valence-corrected chi connectivity index (χ1v) is 4.02. The Labute approximate surface area is 67.5 Å². The monoisotopic (exact) mass is 156 g/mol. The van der Waals surface area contributed by atoms with Crippen LogP contribution in [0.3, 0.4) is 0 Å². The second kappa shape index (κ2) is 2.81. The van der Waals surface area contributed by atoms with E-state index in [0.717, 1.165) is 13.0 Å². The standard InChI is InChI=1S/C8H16N2O/c1-8(2)4-6(5-9-3)7(11)10-8/h6,9H,4-5H2,1-3H3,(H,10,11)/t6-/m0/s1. The van der Waals surface area contributed by atoms with Crippen LogP contribution in [0, 0.1) is 5.92 Å². The molecule has 0 unspecified atom stereocenters. The lowest BCUT2D eigenvalue weighted by Gasteiger charge is -2.16. The molecular formula is C8H16N2O. The van der Waals surface area contributed by atoms with Gasteiger partial charge < -0.3 is 10.6 Å². The van der Waals surface area contributed by atoms with Gasteiger partial charge in [-0.25, -0.2) is 0 Å². The van der Waals surface area contributed by atoms with Gasteiger partial charge in [-0.05, 0) is 27.3 Å². The van der Waals surface area contributed by atoms with Crippen molar-refractivity contribution in [3.63, 3.8) is 0 Å². The number of rotatable bonds is 2. The van der Waals surface area contributed by atoms with Crippen molar-refractivity contribution in [2.24, 2.45) is 5.92 Å². The summed E-state index contributed by atoms with van der Waals surface area (Å²) in [6, 6.07) is 0. The van der Waals surface area contributed by atoms with E-state index in [0.29, 0.717) is 0 Å². The molecular weight excluding hydrogens is 140 g/mol. The van der Waals surface area contributed by atoms with Crippen LogP contribution in [0.2, 0.25) is 0 Å². The van der Waals surface area contributed by atoms with Gasteiger partial charge in [0.15, 0.2) is 0 Å². The Morgan fingerprint density at radius 1 is 1.73 bits per heavy atom. The average Bonchev–Trinajstić information content (AvgIpc) is 2.07. The minimum Gasteiger partial charge on any atom is -0.351 e. The van der Waals surface area contributed by atoms with Crippen molar-refractivity contribution < 1.29 is 4.79 Å². The second-order valence-corrected chi connectivity index (χ2v) is 3.83. The number of hydrogen-bond acceptors (Lipinski definition) is 2. The Morgan fingerprint density at radius 2 is 2.36 bits per heavy atom. The maximum absolute atomic E-state index is 11.2. The van der Waals surface area contributed by atoms with E-state index in [-0.39, 0.29) is 17.4 Å². The van der Waals surface area contributed by atoms with Gasteiger partial charge in [0.25, 0.3) is 0 Å². The molecule has 1 amide bonds. The highest BCUT2D eigenvalue weighted by Crippen LogP contribution is 2.23. The van der Waals surface area contributed by atoms with Crippen LogP contribution in [0.1, 0.15) is 20.3 Å². The lowest BCUT2D eigenvalue weighted by molar-refractivity contribution is -0.122. The quantitative estimate of drug-likeness (QED) is 0.596. The molecule has 64 valence electrons. The SMILES string of the molecule is CNC[C@@H]1CC(C)(C)NC1=O. The first-order chi connectivity index (χ1) is 5.05. The summed E-state index contributed by atoms with van der Waals surface area (Å²) in [5.74, 6) is 0.347. The van der Waals surface area contributed by atoms with Crippen molar-refractivity contribution in [1.82, 2.24) is 10.6 Å². The maximum Gasteiger partial charge on any atom is 0.224 e. The minimum absolute atomic E-state index is 0.00139. The molecule has 0 aromatic heterocycles. The van der Waals surface area contributed by atoms with Crippen LogP contribution in [0.25, 0.3) is 0 Å². The van der Waals surface area contributed by atoms with Crippen molar-refractivity contribution in [2.75, 3.05) is 13.6 Å². The van der Waals surface area contributed by atoms with Gasteiger partial charge in [-0.1, -0.05) is 0 Å². The third-order valence-corrected chi connectivity index (χ3v) is 2.04. The van der Waals surface area contributed by atoms with Crippen molar-refractivity contribution in [1.29, 1.82) is 0 Å². The van der Waals surface area contributed by atoms with Gasteiger partial charge in [0.05, 0.1) is 5.92 Å². The third kappa shape index (κ3) is 1.93. The van der Waals surface area contributed by atoms with Gasteiger partial charge in [0.2, 0.25) is 5.91 Å². The van der Waals surface area contributed by atoms with Gasteiger partial charge in [-0.3, -0.25) is 4.79 Å². The molecule has 0 bridgehead atoms. The van der Waals surface area contributed by atoms with Gasteiger partial charge in [-0.2, -0.15) is 0 Å². The molecule has 3 nitrogen and oxygen atoms in total. The molecule has 11 heavy (non-hydrogen) atoms. The normalized spacial score (nSPS) is 28.6. The number of amides is 1. The number of hydrogen-bond donors (Lipinski definition) is 2. The van der Waals surface area contributed by atoms with Crippen LogP contribution < -0.4 is 10.6 Å². The number of carbonyl (C=O) groups excluding carboxylic acids is 1. The van der Waals surface area contributed by atoms with E-state index < -0.39 is 0 Å². The molecule has 1 atom stereocenters. The van der Waals surface area contributed by atoms with Crippen molar-refractivity contribution in [2.45, 2.75) is 25.8 Å². The molecule has 0 aromatic carbocycles. The Balaban J connectivity index is 2.52. The molecule has 3 heteroatoms. The van der Waals surface area contributed by atoms with E-state index in [4.69, 9.17) is 0 Å². The minimum atomic E-state index is -0.00139. The topological polar surface area (TPSA) is 41.1 Å². The zero-order valence-electron chi connectivity index (χ0n) is 7.40. The fraction of sp³-hybridized carbons (Fsp3) is 0.875. The molecule has 1 aliphatic heterocycles. The number of carbonyl (C=O) groups is 1. The highest BCUT2D eigenvalue weighted by molar-refractivity contribution is 5.82. The molecule has 0 aromatic rings. The fourth-order valence-electron chi connectivity index (χ4n) is 1.61. The van der Waals surface area contributed by atoms with E-state index in [1.807, 2.05) is 7.05 Å². The summed E-state index contributed by atoms with van der Waals surface area (Å²) in [4.78, 5) is 11.2. The van der Waals surface area contributed by atoms with Gasteiger partial charge in [-0.15, -0.1) is 0 Å². The Hall–Kier alpha value is -0.570. The Kier molecular flexibility index (Phi) is 2.18. The van der Waals surface area contributed by atoms with Gasteiger partial charge in [0, 0.05) is 12.1 Å². The van der Waals surface area contributed by atoms with Crippen molar-refractivity contribution >= 4 is 5.91 Å². The first kappa shape index (κ1) is 8.53. The molecule has 0 aliphatic carbocycles. The van der Waals surface area contributed by atoms with Gasteiger partial charge >= 0.3 is 0 Å². The highest BCUT2D eigenvalue weighted by Gasteiger charge is 2.36. The van der Waals surface area contributed by atoms with E-state index in [9.17, 15) is 4.79 Å². The lowest BCUT2D eigenvalue weighted by Crippen LogP contribution is -2.35. The van der Waals surface area contributed by atoms with Crippen molar-refractivity contribution in [3.05, 3.63) is 0 Å². The molecule has 1 rings (SSSR count). The summed E-state index contributed by atoms with van der Waals surface area (Å²) in [6.07, 6.45) is 0.937. The largest absolute Gasteiger partial charge is 0.351 e. The van der Waals surface area contributed by atoms with Crippen LogP contribution in [0.5, 0.6) is 0 Å². The fourth-order valence-corrected chi connectivity index (χ4v) is 1.61. The maximum atomic E-state index is 11.2. The molecule has 0 radical (unpaired) electrons. The van der Waals surface area contributed by atoms with Crippen LogP contribution in [-0.4, -0.2) is 25.0 Å². The summed E-state index contributed by atoms with van der Waals surface area (Å²) in [5, 5.41) is 5.97. The van der Waals surface area contributed by atoms with Crippen LogP contribution in [0.15, 0.2) is 0 Å². The van der Waals surface area contributed by atoms with E-state index in [1.54, 1.807) is 0 Å². The lowest BCUT2D eigenvalue weighted by atomic mass is 9.97. The number of nitrogens with one attached hydrogen (secondary N) is 2. The molecule has 1 fully saturated rings. The first-order valence-electron chi connectivity index (χ1n) is 4.02. The smallest absolute Gasteiger partial charge is 0.224 e. The summed E-state index contributed by atoms with van der Waals surface area (Å²) in [6.45, 7) is 4.90. The zero-order valence-corrected chi connectivity index (χ0v) is 7.40. The molecule has 0 saturated carbocycles. The molecule has 1 aliphatic rings. The molecule has 0 spiro atoms. The van der Waals surface area contributed by atoms with Crippen LogP contribution in [-0.2, 0) is 4.79 Å². The predicted molar refractivity (Wildman–Crippen MR) is 44.3 cm³/mol. The Morgan fingerprint density at radius 3 is 2.73 bits per heavy atom. The predicted octanol–water partition coefficient (Wildman–Crippen LogP) is 0.120. The molecule has 1 saturated heterocycles. The average molecular weight is 156 g/mol. The van der Waals surface area contributed by atoms with Crippen LogP contribution >= 0.6 is 0 Å². The van der Waals surface area contributed by atoms with E-state index in [1.165, 1.54) is 0 Å². The summed E-state index contributed by atoms with van der Waals surface area (Å²) < 4.78 is 0. The van der Waals surface area contributed by atoms with E-state index >= 15 is 0 Å². The second-order valence-electron chi connectivity index (χ2n) is 3.83. The van der Waals surface area contributed by atoms with Gasteiger partial charge in [0.1, 0.15) is 0 Å². The van der Waals surface area contributed by atoms with Crippen LogP contribution in [0.4, 0.5) is 0 Å². The summed E-state index contributed by atoms with van der Waals surface area (Å²) >= 11 is 0. The third-order valence-electron chi connectivity index (χ3n) is 2.04. The summed E-state index contributed by atoms with van der Waals surface area (Å²) in [5.41, 5.74) is -0.00139. The van der Waals surface area contributed by atoms with Crippen molar-refractivity contribution in [3.8, 4) is 0 Å². The molecule has 1 heterocycles.